The molecular weight excluding hydrogens is 386 g/mol. The lowest BCUT2D eigenvalue weighted by Gasteiger charge is -2.30. The average molecular weight is 424 g/mol. The number of carbonyl (C=O) groups is 1. The van der Waals surface area contributed by atoms with Crippen LogP contribution in [0.5, 0.6) is 11.5 Å². The molecule has 0 spiro atoms. The van der Waals surface area contributed by atoms with Crippen LogP contribution in [0, 0.1) is 0 Å². The van der Waals surface area contributed by atoms with Gasteiger partial charge in [-0.25, -0.2) is 0 Å². The smallest absolute Gasteiger partial charge is 0.185 e. The van der Waals surface area contributed by atoms with Gasteiger partial charge in [-0.2, -0.15) is 0 Å². The fourth-order valence-electron chi connectivity index (χ4n) is 3.38. The third-order valence-electron chi connectivity index (χ3n) is 5.21. The van der Waals surface area contributed by atoms with Crippen molar-refractivity contribution in [1.29, 1.82) is 0 Å². The molecule has 2 aromatic carbocycles. The van der Waals surface area contributed by atoms with Crippen LogP contribution in [-0.2, 0) is 10.8 Å². The second-order valence-electron chi connectivity index (χ2n) is 9.94. The van der Waals surface area contributed by atoms with E-state index in [2.05, 4.69) is 52.9 Å². The van der Waals surface area contributed by atoms with Crippen molar-refractivity contribution in [3.63, 3.8) is 0 Å². The Labute approximate surface area is 187 Å². The Balaban J connectivity index is 2.63. The minimum absolute atomic E-state index is 0.123. The first kappa shape index (κ1) is 24.5. The van der Waals surface area contributed by atoms with Gasteiger partial charge in [0.05, 0.1) is 12.2 Å². The Morgan fingerprint density at radius 3 is 2.10 bits per heavy atom. The topological polar surface area (TPSA) is 58.6 Å². The molecule has 2 aromatic rings. The van der Waals surface area contributed by atoms with Gasteiger partial charge in [0.2, 0.25) is 0 Å². The van der Waals surface area contributed by atoms with Crippen molar-refractivity contribution in [2.75, 3.05) is 19.0 Å². The second-order valence-corrected chi connectivity index (χ2v) is 9.94. The van der Waals surface area contributed by atoms with E-state index in [1.165, 1.54) is 6.08 Å². The number of allylic oxidation sites excluding steroid dienone is 1. The molecule has 0 amide bonds. The van der Waals surface area contributed by atoms with Gasteiger partial charge in [0.15, 0.2) is 5.78 Å². The summed E-state index contributed by atoms with van der Waals surface area (Å²) in [5.41, 5.74) is 3.51. The number of ether oxygens (including phenoxy) is 1. The first-order valence-corrected chi connectivity index (χ1v) is 10.9. The molecule has 2 rings (SSSR count). The lowest BCUT2D eigenvalue weighted by Crippen LogP contribution is -2.19. The molecular formula is C27H37NO3. The van der Waals surface area contributed by atoms with Gasteiger partial charge in [0.25, 0.3) is 0 Å². The number of carbonyl (C=O) groups excluding carboxylic acids is 1. The molecule has 2 N–H and O–H groups in total. The van der Waals surface area contributed by atoms with Crippen LogP contribution in [-0.4, -0.2) is 24.5 Å². The molecule has 0 aliphatic carbocycles. The molecule has 31 heavy (non-hydrogen) atoms. The number of nitrogens with one attached hydrogen (secondary N) is 1. The fraction of sp³-hybridized carbons (Fsp3) is 0.444. The maximum atomic E-state index is 12.8. The summed E-state index contributed by atoms with van der Waals surface area (Å²) in [6, 6.07) is 9.37. The van der Waals surface area contributed by atoms with Crippen molar-refractivity contribution in [3.05, 3.63) is 58.7 Å². The number of benzene rings is 2. The summed E-state index contributed by atoms with van der Waals surface area (Å²) in [6.45, 7) is 15.2. The van der Waals surface area contributed by atoms with Gasteiger partial charge in [-0.3, -0.25) is 4.79 Å². The minimum atomic E-state index is -0.261. The Hall–Kier alpha value is -2.75. The third kappa shape index (κ3) is 5.90. The largest absolute Gasteiger partial charge is 0.507 e. The summed E-state index contributed by atoms with van der Waals surface area (Å²) < 4.78 is 6.13. The van der Waals surface area contributed by atoms with Crippen molar-refractivity contribution < 1.29 is 14.6 Å². The average Bonchev–Trinajstić information content (AvgIpc) is 2.69. The van der Waals surface area contributed by atoms with Crippen LogP contribution in [0.3, 0.4) is 0 Å². The minimum Gasteiger partial charge on any atom is -0.507 e. The number of anilines is 1. The van der Waals surface area contributed by atoms with Crippen LogP contribution >= 0.6 is 0 Å². The zero-order chi connectivity index (χ0) is 23.4. The summed E-state index contributed by atoms with van der Waals surface area (Å²) in [5.74, 6) is 0.692. The Bertz CT molecular complexity index is 942. The number of phenolic OH excluding ortho intramolecular Hbond substituents is 1. The number of hydrogen-bond donors (Lipinski definition) is 2. The predicted octanol–water partition coefficient (Wildman–Crippen LogP) is 6.71. The molecule has 4 nitrogen and oxygen atoms in total. The van der Waals surface area contributed by atoms with Crippen molar-refractivity contribution in [2.24, 2.45) is 0 Å². The van der Waals surface area contributed by atoms with Crippen molar-refractivity contribution in [1.82, 2.24) is 0 Å². The SMILES string of the molecule is CCCOc1c(C(C)(C)C)cc(C(C)(C)C)c(O)c1/C=C/C(=O)c1ccc(NC)cc1. The maximum Gasteiger partial charge on any atom is 0.185 e. The van der Waals surface area contributed by atoms with Gasteiger partial charge < -0.3 is 15.2 Å². The first-order chi connectivity index (χ1) is 14.4. The molecule has 0 saturated heterocycles. The standard InChI is InChI=1S/C27H37NO3/c1-9-16-31-25-20(14-15-23(29)18-10-12-19(28-8)13-11-18)24(30)21(26(2,3)4)17-22(25)27(5,6)7/h10-15,17,28,30H,9,16H2,1-8H3/b15-14+. The van der Waals surface area contributed by atoms with E-state index in [4.69, 9.17) is 4.74 Å². The fourth-order valence-corrected chi connectivity index (χ4v) is 3.38. The molecule has 4 heteroatoms. The Kier molecular flexibility index (Phi) is 7.58. The molecule has 0 atom stereocenters. The van der Waals surface area contributed by atoms with E-state index in [1.807, 2.05) is 26.1 Å². The Morgan fingerprint density at radius 2 is 1.61 bits per heavy atom. The van der Waals surface area contributed by atoms with Crippen molar-refractivity contribution in [2.45, 2.75) is 65.7 Å². The highest BCUT2D eigenvalue weighted by molar-refractivity contribution is 6.07. The van der Waals surface area contributed by atoms with E-state index < -0.39 is 0 Å². The Morgan fingerprint density at radius 1 is 1.03 bits per heavy atom. The van der Waals surface area contributed by atoms with Gasteiger partial charge in [-0.05, 0) is 59.7 Å². The van der Waals surface area contributed by atoms with Gasteiger partial charge in [-0.1, -0.05) is 48.5 Å². The first-order valence-electron chi connectivity index (χ1n) is 10.9. The van der Waals surface area contributed by atoms with E-state index in [1.54, 1.807) is 18.2 Å². The quantitative estimate of drug-likeness (QED) is 0.384. The van der Waals surface area contributed by atoms with E-state index >= 15 is 0 Å². The van der Waals surface area contributed by atoms with Gasteiger partial charge in [0, 0.05) is 29.4 Å². The van der Waals surface area contributed by atoms with E-state index in [0.717, 1.165) is 23.2 Å². The monoisotopic (exact) mass is 423 g/mol. The van der Waals surface area contributed by atoms with Crippen LogP contribution in [0.15, 0.2) is 36.4 Å². The summed E-state index contributed by atoms with van der Waals surface area (Å²) in [7, 11) is 1.84. The maximum absolute atomic E-state index is 12.8. The number of aromatic hydroxyl groups is 1. The predicted molar refractivity (Wildman–Crippen MR) is 131 cm³/mol. The zero-order valence-corrected chi connectivity index (χ0v) is 20.2. The third-order valence-corrected chi connectivity index (χ3v) is 5.21. The highest BCUT2D eigenvalue weighted by Gasteiger charge is 2.29. The number of hydrogen-bond acceptors (Lipinski definition) is 4. The molecule has 0 saturated carbocycles. The molecule has 168 valence electrons. The zero-order valence-electron chi connectivity index (χ0n) is 20.2. The van der Waals surface area contributed by atoms with Gasteiger partial charge in [-0.15, -0.1) is 0 Å². The normalized spacial score (nSPS) is 12.3. The van der Waals surface area contributed by atoms with E-state index in [0.29, 0.717) is 23.5 Å². The summed E-state index contributed by atoms with van der Waals surface area (Å²) >= 11 is 0. The second kappa shape index (κ2) is 9.59. The number of rotatable bonds is 7. The molecule has 0 aliphatic rings. The number of phenols is 1. The summed E-state index contributed by atoms with van der Waals surface area (Å²) in [4.78, 5) is 12.8. The van der Waals surface area contributed by atoms with Crippen molar-refractivity contribution in [3.8, 4) is 11.5 Å². The van der Waals surface area contributed by atoms with Crippen LogP contribution in [0.4, 0.5) is 5.69 Å². The van der Waals surface area contributed by atoms with Crippen LogP contribution < -0.4 is 10.1 Å². The molecule has 0 aliphatic heterocycles. The van der Waals surface area contributed by atoms with Crippen LogP contribution in [0.25, 0.3) is 6.08 Å². The molecule has 0 radical (unpaired) electrons. The summed E-state index contributed by atoms with van der Waals surface area (Å²) in [6.07, 6.45) is 4.06. The highest BCUT2D eigenvalue weighted by atomic mass is 16.5. The lowest BCUT2D eigenvalue weighted by atomic mass is 9.78. The van der Waals surface area contributed by atoms with Crippen molar-refractivity contribution >= 4 is 17.5 Å². The van der Waals surface area contributed by atoms with Crippen LogP contribution in [0.2, 0.25) is 0 Å². The molecule has 0 unspecified atom stereocenters. The number of ketones is 1. The van der Waals surface area contributed by atoms with Crippen LogP contribution in [0.1, 0.15) is 81.9 Å². The van der Waals surface area contributed by atoms with E-state index in [9.17, 15) is 9.90 Å². The van der Waals surface area contributed by atoms with Gasteiger partial charge in [0.1, 0.15) is 11.5 Å². The molecule has 0 bridgehead atoms. The van der Waals surface area contributed by atoms with E-state index in [-0.39, 0.29) is 22.4 Å². The van der Waals surface area contributed by atoms with Gasteiger partial charge >= 0.3 is 0 Å². The molecule has 0 heterocycles. The molecule has 0 fully saturated rings. The molecule has 0 aromatic heterocycles. The highest BCUT2D eigenvalue weighted by Crippen LogP contribution is 2.45. The summed E-state index contributed by atoms with van der Waals surface area (Å²) in [5, 5.41) is 14.2. The lowest BCUT2D eigenvalue weighted by molar-refractivity contribution is 0.104.